The summed E-state index contributed by atoms with van der Waals surface area (Å²) in [4.78, 5) is 1.45. The first kappa shape index (κ1) is 16.2. The van der Waals surface area contributed by atoms with Crippen molar-refractivity contribution in [2.24, 2.45) is 5.92 Å². The summed E-state index contributed by atoms with van der Waals surface area (Å²) in [5, 5.41) is 3.49. The van der Waals surface area contributed by atoms with Crippen molar-refractivity contribution in [3.63, 3.8) is 0 Å². The summed E-state index contributed by atoms with van der Waals surface area (Å²) in [7, 11) is 0. The number of hydrogen-bond donors (Lipinski definition) is 1. The van der Waals surface area contributed by atoms with E-state index in [4.69, 9.17) is 0 Å². The number of rotatable bonds is 7. The molecule has 0 amide bonds. The molecule has 0 spiro atoms. The molecule has 0 aliphatic heterocycles. The average Bonchev–Trinajstić information content (AvgIpc) is 2.84. The van der Waals surface area contributed by atoms with Gasteiger partial charge in [-0.1, -0.05) is 41.1 Å². The zero-order valence-electron chi connectivity index (χ0n) is 11.5. The van der Waals surface area contributed by atoms with Crippen molar-refractivity contribution in [1.29, 1.82) is 0 Å². The Bertz CT molecular complexity index is 539. The molecule has 0 fully saturated rings. The fourth-order valence-electron chi connectivity index (χ4n) is 2.29. The summed E-state index contributed by atoms with van der Waals surface area (Å²) in [6, 6.07) is 12.9. The van der Waals surface area contributed by atoms with Gasteiger partial charge >= 0.3 is 0 Å². The zero-order valence-corrected chi connectivity index (χ0v) is 15.5. The first-order valence-corrected chi connectivity index (χ1v) is 9.27. The highest BCUT2D eigenvalue weighted by atomic mass is 79.9. The van der Waals surface area contributed by atoms with Gasteiger partial charge in [-0.2, -0.15) is 0 Å². The lowest BCUT2D eigenvalue weighted by Crippen LogP contribution is -2.25. The molecular formula is C16H19Br2NS. The average molecular weight is 417 g/mol. The molecule has 0 saturated heterocycles. The van der Waals surface area contributed by atoms with Gasteiger partial charge in [-0.15, -0.1) is 11.3 Å². The zero-order chi connectivity index (χ0) is 14.4. The van der Waals surface area contributed by atoms with E-state index >= 15 is 0 Å². The van der Waals surface area contributed by atoms with E-state index in [2.05, 4.69) is 80.5 Å². The number of hydrogen-bond acceptors (Lipinski definition) is 2. The maximum absolute atomic E-state index is 3.66. The second kappa shape index (κ2) is 8.32. The van der Waals surface area contributed by atoms with Gasteiger partial charge < -0.3 is 5.32 Å². The fraction of sp³-hybridized carbons (Fsp3) is 0.375. The van der Waals surface area contributed by atoms with Crippen molar-refractivity contribution in [3.05, 3.63) is 55.1 Å². The Balaban J connectivity index is 2.05. The quantitative estimate of drug-likeness (QED) is 0.646. The molecule has 4 heteroatoms. The molecule has 0 saturated carbocycles. The van der Waals surface area contributed by atoms with Gasteiger partial charge in [0.15, 0.2) is 0 Å². The summed E-state index contributed by atoms with van der Waals surface area (Å²) in [5.41, 5.74) is 1.39. The van der Waals surface area contributed by atoms with E-state index in [1.165, 1.54) is 18.7 Å². The Labute approximate surface area is 142 Å². The SMILES string of the molecule is CCNCC(Cc1ccc(Br)s1)Cc1ccccc1Br. The normalized spacial score (nSPS) is 12.6. The van der Waals surface area contributed by atoms with Crippen molar-refractivity contribution in [1.82, 2.24) is 5.32 Å². The largest absolute Gasteiger partial charge is 0.317 e. The van der Waals surface area contributed by atoms with Gasteiger partial charge in [-0.25, -0.2) is 0 Å². The molecule has 2 aromatic rings. The number of thiophene rings is 1. The van der Waals surface area contributed by atoms with Crippen LogP contribution >= 0.6 is 43.2 Å². The van der Waals surface area contributed by atoms with Crippen LogP contribution in [0.4, 0.5) is 0 Å². The van der Waals surface area contributed by atoms with E-state index in [0.29, 0.717) is 5.92 Å². The maximum atomic E-state index is 3.66. The molecule has 1 N–H and O–H groups in total. The van der Waals surface area contributed by atoms with Gasteiger partial charge in [0.1, 0.15) is 0 Å². The van der Waals surface area contributed by atoms with Crippen LogP contribution in [0.15, 0.2) is 44.7 Å². The Morgan fingerprint density at radius 2 is 1.90 bits per heavy atom. The van der Waals surface area contributed by atoms with Crippen LogP contribution in [-0.4, -0.2) is 13.1 Å². The fourth-order valence-corrected chi connectivity index (χ4v) is 4.33. The summed E-state index contributed by atoms with van der Waals surface area (Å²) < 4.78 is 2.43. The van der Waals surface area contributed by atoms with E-state index in [9.17, 15) is 0 Å². The van der Waals surface area contributed by atoms with Crippen molar-refractivity contribution < 1.29 is 0 Å². The highest BCUT2D eigenvalue weighted by molar-refractivity contribution is 9.11. The minimum Gasteiger partial charge on any atom is -0.317 e. The molecule has 1 nitrogen and oxygen atoms in total. The predicted octanol–water partition coefficient (Wildman–Crippen LogP) is 5.28. The van der Waals surface area contributed by atoms with Crippen LogP contribution in [0, 0.1) is 5.92 Å². The van der Waals surface area contributed by atoms with Crippen LogP contribution < -0.4 is 5.32 Å². The number of benzene rings is 1. The van der Waals surface area contributed by atoms with Gasteiger partial charge in [-0.05, 0) is 71.5 Å². The lowest BCUT2D eigenvalue weighted by atomic mass is 9.95. The second-order valence-electron chi connectivity index (χ2n) is 4.88. The first-order chi connectivity index (χ1) is 9.69. The van der Waals surface area contributed by atoms with Crippen LogP contribution in [0.5, 0.6) is 0 Å². The van der Waals surface area contributed by atoms with Crippen LogP contribution in [0.2, 0.25) is 0 Å². The standard InChI is InChI=1S/C16H19Br2NS/c1-2-19-11-12(10-14-7-8-16(18)20-14)9-13-5-3-4-6-15(13)17/h3-8,12,19H,2,9-11H2,1H3. The van der Waals surface area contributed by atoms with Crippen LogP contribution in [0.25, 0.3) is 0 Å². The van der Waals surface area contributed by atoms with Crippen molar-refractivity contribution in [2.75, 3.05) is 13.1 Å². The molecule has 1 aromatic heterocycles. The Morgan fingerprint density at radius 1 is 1.10 bits per heavy atom. The Hall–Kier alpha value is -0.160. The van der Waals surface area contributed by atoms with Gasteiger partial charge in [0.05, 0.1) is 3.79 Å². The van der Waals surface area contributed by atoms with Crippen molar-refractivity contribution in [3.8, 4) is 0 Å². The molecule has 0 radical (unpaired) electrons. The molecule has 0 aliphatic carbocycles. The maximum Gasteiger partial charge on any atom is 0.0701 e. The summed E-state index contributed by atoms with van der Waals surface area (Å²) >= 11 is 9.05. The number of halogens is 2. The lowest BCUT2D eigenvalue weighted by Gasteiger charge is -2.17. The number of nitrogens with one attached hydrogen (secondary N) is 1. The van der Waals surface area contributed by atoms with Gasteiger partial charge in [0.25, 0.3) is 0 Å². The third-order valence-corrected chi connectivity index (χ3v) is 5.69. The van der Waals surface area contributed by atoms with Crippen molar-refractivity contribution >= 4 is 43.2 Å². The van der Waals surface area contributed by atoms with Gasteiger partial charge in [0.2, 0.25) is 0 Å². The van der Waals surface area contributed by atoms with Gasteiger partial charge in [0, 0.05) is 9.35 Å². The van der Waals surface area contributed by atoms with E-state index in [1.54, 1.807) is 0 Å². The molecule has 0 aliphatic rings. The molecule has 20 heavy (non-hydrogen) atoms. The molecule has 1 aromatic carbocycles. The molecule has 0 bridgehead atoms. The topological polar surface area (TPSA) is 12.0 Å². The van der Waals surface area contributed by atoms with Gasteiger partial charge in [-0.3, -0.25) is 0 Å². The third-order valence-electron chi connectivity index (χ3n) is 3.27. The van der Waals surface area contributed by atoms with E-state index in [1.807, 2.05) is 11.3 Å². The molecule has 1 atom stereocenters. The molecule has 108 valence electrons. The molecule has 1 unspecified atom stereocenters. The van der Waals surface area contributed by atoms with Crippen LogP contribution in [0.3, 0.4) is 0 Å². The Morgan fingerprint density at radius 3 is 2.55 bits per heavy atom. The highest BCUT2D eigenvalue weighted by Crippen LogP contribution is 2.26. The molecule has 2 rings (SSSR count). The summed E-state index contributed by atoms with van der Waals surface area (Å²) in [6.07, 6.45) is 2.23. The monoisotopic (exact) mass is 415 g/mol. The van der Waals surface area contributed by atoms with Crippen molar-refractivity contribution in [2.45, 2.75) is 19.8 Å². The van der Waals surface area contributed by atoms with Crippen LogP contribution in [0.1, 0.15) is 17.4 Å². The summed E-state index contributed by atoms with van der Waals surface area (Å²) in [6.45, 7) is 4.26. The minimum atomic E-state index is 0.624. The minimum absolute atomic E-state index is 0.624. The highest BCUT2D eigenvalue weighted by Gasteiger charge is 2.13. The molecular weight excluding hydrogens is 398 g/mol. The Kier molecular flexibility index (Phi) is 6.75. The third kappa shape index (κ3) is 4.99. The summed E-state index contributed by atoms with van der Waals surface area (Å²) in [5.74, 6) is 0.624. The van der Waals surface area contributed by atoms with E-state index in [0.717, 1.165) is 25.9 Å². The van der Waals surface area contributed by atoms with Crippen LogP contribution in [-0.2, 0) is 12.8 Å². The second-order valence-corrected chi connectivity index (χ2v) is 8.28. The lowest BCUT2D eigenvalue weighted by molar-refractivity contribution is 0.480. The first-order valence-electron chi connectivity index (χ1n) is 6.87. The molecule has 1 heterocycles. The smallest absolute Gasteiger partial charge is 0.0701 e. The van der Waals surface area contributed by atoms with E-state index in [-0.39, 0.29) is 0 Å². The van der Waals surface area contributed by atoms with E-state index < -0.39 is 0 Å². The predicted molar refractivity (Wildman–Crippen MR) is 95.6 cm³/mol.